The van der Waals surface area contributed by atoms with Gasteiger partial charge in [-0.15, -0.1) is 0 Å². The Kier molecular flexibility index (Phi) is 13.8. The van der Waals surface area contributed by atoms with E-state index in [1.807, 2.05) is 45.0 Å². The van der Waals surface area contributed by atoms with Gasteiger partial charge < -0.3 is 54.7 Å². The van der Waals surface area contributed by atoms with Crippen molar-refractivity contribution in [2.24, 2.45) is 0 Å². The monoisotopic (exact) mass is 930 g/mol. The van der Waals surface area contributed by atoms with Crippen molar-refractivity contribution in [2.45, 2.75) is 88.9 Å². The van der Waals surface area contributed by atoms with Crippen molar-refractivity contribution in [2.75, 3.05) is 13.2 Å². The SMILES string of the molecule is CC1OC(C(O)COc2c(I)cc(I)cc2I)C(O)C1O.Cc1cc(C)c(OCC(O)C2OC(O)C(O)C2O)c(C)c1. The van der Waals surface area contributed by atoms with Gasteiger partial charge in [0.25, 0.3) is 0 Å². The lowest BCUT2D eigenvalue weighted by Crippen LogP contribution is -2.41. The molecule has 0 bridgehead atoms. The van der Waals surface area contributed by atoms with E-state index in [1.165, 1.54) is 0 Å². The van der Waals surface area contributed by atoms with E-state index in [4.69, 9.17) is 18.9 Å². The summed E-state index contributed by atoms with van der Waals surface area (Å²) in [5.74, 6) is 1.38. The highest BCUT2D eigenvalue weighted by molar-refractivity contribution is 14.1. The number of hydrogen-bond donors (Lipinski definition) is 7. The molecule has 10 unspecified atom stereocenters. The molecule has 7 N–H and O–H groups in total. The molecule has 2 saturated heterocycles. The molecule has 14 heteroatoms. The zero-order valence-corrected chi connectivity index (χ0v) is 29.9. The first-order chi connectivity index (χ1) is 19.6. The van der Waals surface area contributed by atoms with Gasteiger partial charge in [-0.2, -0.15) is 0 Å². The molecular formula is C28H37I3O11. The Balaban J connectivity index is 0.000000230. The van der Waals surface area contributed by atoms with Crippen LogP contribution in [0.5, 0.6) is 11.5 Å². The molecule has 2 aliphatic rings. The second kappa shape index (κ2) is 15.9. The normalized spacial score (nSPS) is 30.4. The Hall–Kier alpha value is -0.130. The van der Waals surface area contributed by atoms with Crippen molar-refractivity contribution in [1.29, 1.82) is 0 Å². The van der Waals surface area contributed by atoms with Crippen LogP contribution in [0.3, 0.4) is 0 Å². The summed E-state index contributed by atoms with van der Waals surface area (Å²) in [5.41, 5.74) is 3.03. The van der Waals surface area contributed by atoms with Crippen LogP contribution in [0.4, 0.5) is 0 Å². The van der Waals surface area contributed by atoms with Crippen LogP contribution in [0, 0.1) is 31.5 Å². The minimum atomic E-state index is -1.50. The van der Waals surface area contributed by atoms with Gasteiger partial charge in [0.1, 0.15) is 73.5 Å². The van der Waals surface area contributed by atoms with Gasteiger partial charge >= 0.3 is 0 Å². The third kappa shape index (κ3) is 8.99. The van der Waals surface area contributed by atoms with E-state index in [0.29, 0.717) is 11.5 Å². The molecule has 0 saturated carbocycles. The van der Waals surface area contributed by atoms with E-state index in [9.17, 15) is 35.7 Å². The van der Waals surface area contributed by atoms with Gasteiger partial charge in [-0.05, 0) is 119 Å². The largest absolute Gasteiger partial charge is 0.490 e. The Morgan fingerprint density at radius 1 is 0.690 bits per heavy atom. The molecule has 0 amide bonds. The molecule has 2 fully saturated rings. The van der Waals surface area contributed by atoms with Crippen molar-refractivity contribution in [3.8, 4) is 11.5 Å². The molecule has 2 aromatic rings. The summed E-state index contributed by atoms with van der Waals surface area (Å²) in [7, 11) is 0. The Labute approximate surface area is 285 Å². The fraction of sp³-hybridized carbons (Fsp3) is 0.571. The molecule has 11 nitrogen and oxygen atoms in total. The number of benzene rings is 2. The smallest absolute Gasteiger partial charge is 0.184 e. The molecule has 2 aromatic carbocycles. The fourth-order valence-electron chi connectivity index (χ4n) is 4.79. The first-order valence-corrected chi connectivity index (χ1v) is 16.4. The quantitative estimate of drug-likeness (QED) is 0.191. The first-order valence-electron chi connectivity index (χ1n) is 13.2. The van der Waals surface area contributed by atoms with Crippen molar-refractivity contribution >= 4 is 67.8 Å². The molecule has 4 rings (SSSR count). The standard InChI is InChI=1S/C15H22O6.C13H15I3O5/c1-7-4-8(2)13(9(3)5-7)20-6-10(16)14-11(17)12(18)15(19)21-14;1-5-10(18)11(19)13(21-5)9(17)4-20-12-7(15)2-6(14)3-8(12)16/h4-5,10-12,14-19H,6H2,1-3H3;2-3,5,9-11,13,17-19H,4H2,1H3. The van der Waals surface area contributed by atoms with Gasteiger partial charge in [-0.1, -0.05) is 17.7 Å². The highest BCUT2D eigenvalue weighted by Crippen LogP contribution is 2.31. The van der Waals surface area contributed by atoms with Crippen LogP contribution in [-0.2, 0) is 9.47 Å². The van der Waals surface area contributed by atoms with Crippen LogP contribution in [0.1, 0.15) is 23.6 Å². The summed E-state index contributed by atoms with van der Waals surface area (Å²) in [6, 6.07) is 7.92. The summed E-state index contributed by atoms with van der Waals surface area (Å²) in [6.07, 6.45) is -10.9. The van der Waals surface area contributed by atoms with Gasteiger partial charge in [0.15, 0.2) is 6.29 Å². The molecule has 42 heavy (non-hydrogen) atoms. The highest BCUT2D eigenvalue weighted by Gasteiger charge is 2.46. The van der Waals surface area contributed by atoms with Crippen LogP contribution in [-0.4, -0.2) is 110 Å². The highest BCUT2D eigenvalue weighted by atomic mass is 127. The Morgan fingerprint density at radius 3 is 1.57 bits per heavy atom. The zero-order chi connectivity index (χ0) is 31.5. The maximum atomic E-state index is 10.1. The molecule has 10 atom stereocenters. The molecule has 2 aliphatic heterocycles. The van der Waals surface area contributed by atoms with Crippen LogP contribution in [0.2, 0.25) is 0 Å². The summed E-state index contributed by atoms with van der Waals surface area (Å²) < 4.78 is 24.6. The lowest BCUT2D eigenvalue weighted by Gasteiger charge is -2.22. The summed E-state index contributed by atoms with van der Waals surface area (Å²) in [4.78, 5) is 0. The number of aryl methyl sites for hydroxylation is 3. The third-order valence-electron chi connectivity index (χ3n) is 6.94. The zero-order valence-electron chi connectivity index (χ0n) is 23.4. The van der Waals surface area contributed by atoms with E-state index in [-0.39, 0.29) is 13.2 Å². The van der Waals surface area contributed by atoms with Crippen LogP contribution in [0.25, 0.3) is 0 Å². The summed E-state index contributed by atoms with van der Waals surface area (Å²) >= 11 is 6.59. The predicted molar refractivity (Wildman–Crippen MR) is 177 cm³/mol. The van der Waals surface area contributed by atoms with E-state index in [0.717, 1.165) is 27.4 Å². The van der Waals surface area contributed by atoms with Crippen LogP contribution >= 0.6 is 67.8 Å². The number of aliphatic hydroxyl groups is 7. The van der Waals surface area contributed by atoms with E-state index >= 15 is 0 Å². The van der Waals surface area contributed by atoms with Crippen LogP contribution in [0.15, 0.2) is 24.3 Å². The van der Waals surface area contributed by atoms with Gasteiger partial charge in [0.2, 0.25) is 0 Å². The van der Waals surface area contributed by atoms with E-state index in [1.54, 1.807) is 6.92 Å². The van der Waals surface area contributed by atoms with E-state index < -0.39 is 61.2 Å². The van der Waals surface area contributed by atoms with Crippen molar-refractivity contribution in [3.63, 3.8) is 0 Å². The number of halogens is 3. The molecule has 0 aliphatic carbocycles. The minimum Gasteiger partial charge on any atom is -0.490 e. The topological polar surface area (TPSA) is 179 Å². The Morgan fingerprint density at radius 2 is 1.14 bits per heavy atom. The Bertz CT molecular complexity index is 1060. The predicted octanol–water partition coefficient (Wildman–Crippen LogP) is 1.54. The lowest BCUT2D eigenvalue weighted by molar-refractivity contribution is -0.149. The van der Waals surface area contributed by atoms with Gasteiger partial charge in [0, 0.05) is 3.57 Å². The second-order valence-electron chi connectivity index (χ2n) is 10.4. The summed E-state index contributed by atoms with van der Waals surface area (Å²) in [5, 5.41) is 68.1. The second-order valence-corrected chi connectivity index (χ2v) is 14.0. The lowest BCUT2D eigenvalue weighted by atomic mass is 10.1. The van der Waals surface area contributed by atoms with E-state index in [2.05, 4.69) is 67.8 Å². The molecule has 236 valence electrons. The average Bonchev–Trinajstić information content (AvgIpc) is 3.31. The molecular weight excluding hydrogens is 893 g/mol. The van der Waals surface area contributed by atoms with Gasteiger partial charge in [0.05, 0.1) is 13.2 Å². The number of rotatable bonds is 8. The molecule has 0 radical (unpaired) electrons. The molecule has 2 heterocycles. The van der Waals surface area contributed by atoms with Crippen molar-refractivity contribution in [1.82, 2.24) is 0 Å². The van der Waals surface area contributed by atoms with Crippen LogP contribution < -0.4 is 9.47 Å². The van der Waals surface area contributed by atoms with Gasteiger partial charge in [-0.25, -0.2) is 0 Å². The van der Waals surface area contributed by atoms with Gasteiger partial charge in [-0.3, -0.25) is 0 Å². The van der Waals surface area contributed by atoms with Crippen molar-refractivity contribution < 1.29 is 54.7 Å². The average molecular weight is 930 g/mol. The molecule has 0 aromatic heterocycles. The minimum absolute atomic E-state index is 0.00619. The maximum absolute atomic E-state index is 10.1. The fourth-order valence-corrected chi connectivity index (χ4v) is 8.68. The number of hydrogen-bond acceptors (Lipinski definition) is 11. The molecule has 0 spiro atoms. The number of aliphatic hydroxyl groups excluding tert-OH is 7. The summed E-state index contributed by atoms with van der Waals surface area (Å²) in [6.45, 7) is 7.36. The number of ether oxygens (including phenoxy) is 4. The third-order valence-corrected chi connectivity index (χ3v) is 9.16. The first kappa shape index (κ1) is 36.3. The maximum Gasteiger partial charge on any atom is 0.184 e. The van der Waals surface area contributed by atoms with Crippen molar-refractivity contribution in [3.05, 3.63) is 51.7 Å².